The largest absolute Gasteiger partial charge is 0.384 e. The molecule has 1 amide bonds. The van der Waals surface area contributed by atoms with Gasteiger partial charge < -0.3 is 30.3 Å². The average Bonchev–Trinajstić information content (AvgIpc) is 3.47. The lowest BCUT2D eigenvalue weighted by Crippen LogP contribution is -2.39. The number of nitrogens with one attached hydrogen (secondary N) is 2. The molecule has 1 saturated heterocycles. The Kier molecular flexibility index (Phi) is 6.92. The first kappa shape index (κ1) is 26.3. The summed E-state index contributed by atoms with van der Waals surface area (Å²) in [7, 11) is 3.91. The summed E-state index contributed by atoms with van der Waals surface area (Å²) in [4.78, 5) is 26.5. The number of aliphatic hydroxyl groups excluding tert-OH is 1. The normalized spacial score (nSPS) is 17.3. The molecule has 2 aliphatic heterocycles. The number of benzene rings is 1. The maximum absolute atomic E-state index is 13.7. The fourth-order valence-electron chi connectivity index (χ4n) is 5.16. The Hall–Kier alpha value is -3.97. The van der Waals surface area contributed by atoms with Crippen molar-refractivity contribution in [3.8, 4) is 11.3 Å². The van der Waals surface area contributed by atoms with Gasteiger partial charge in [-0.2, -0.15) is 0 Å². The van der Waals surface area contributed by atoms with E-state index < -0.39 is 6.10 Å². The number of amides is 1. The number of carbonyl (C=O) groups excluding carboxylic acids is 1. The second kappa shape index (κ2) is 10.5. The summed E-state index contributed by atoms with van der Waals surface area (Å²) in [6, 6.07) is 10.3. The Morgan fingerprint density at radius 1 is 1.27 bits per heavy atom. The zero-order valence-electron chi connectivity index (χ0n) is 22.0. The molecule has 1 fully saturated rings. The van der Waals surface area contributed by atoms with Crippen LogP contribution in [0.3, 0.4) is 0 Å². The molecule has 2 aliphatic rings. The minimum absolute atomic E-state index is 0.167. The number of hydrogen-bond donors (Lipinski definition) is 3. The number of hydrogen-bond acceptors (Lipinski definition) is 8. The topological polar surface area (TPSA) is 107 Å². The molecular formula is C28H28FN7O3S. The lowest BCUT2D eigenvalue weighted by Gasteiger charge is -2.27. The van der Waals surface area contributed by atoms with Crippen LogP contribution >= 0.6 is 12.2 Å². The van der Waals surface area contributed by atoms with E-state index in [-0.39, 0.29) is 18.3 Å². The minimum Gasteiger partial charge on any atom is -0.384 e. The van der Waals surface area contributed by atoms with Gasteiger partial charge in [0.25, 0.3) is 5.91 Å². The fraction of sp³-hybridized carbons (Fsp3) is 0.286. The van der Waals surface area contributed by atoms with Crippen LogP contribution in [0, 0.1) is 5.82 Å². The third kappa shape index (κ3) is 4.79. The quantitative estimate of drug-likeness (QED) is 0.306. The van der Waals surface area contributed by atoms with Crippen LogP contribution in [0.4, 0.5) is 21.6 Å². The van der Waals surface area contributed by atoms with Crippen molar-refractivity contribution in [2.24, 2.45) is 0 Å². The summed E-state index contributed by atoms with van der Waals surface area (Å²) in [6.07, 6.45) is 2.45. The fourth-order valence-corrected chi connectivity index (χ4v) is 5.42. The number of aromatic nitrogens is 3. The van der Waals surface area contributed by atoms with Crippen molar-refractivity contribution in [2.45, 2.75) is 19.2 Å². The highest BCUT2D eigenvalue weighted by atomic mass is 32.1. The summed E-state index contributed by atoms with van der Waals surface area (Å²) in [5, 5.41) is 16.6. The molecule has 3 aromatic heterocycles. The molecular weight excluding hydrogens is 533 g/mol. The van der Waals surface area contributed by atoms with Crippen LogP contribution in [-0.4, -0.2) is 75.2 Å². The van der Waals surface area contributed by atoms with E-state index in [2.05, 4.69) is 15.6 Å². The van der Waals surface area contributed by atoms with Gasteiger partial charge in [0, 0.05) is 37.5 Å². The number of fused-ring (bicyclic) bond motifs is 2. The lowest BCUT2D eigenvalue weighted by atomic mass is 9.99. The first-order chi connectivity index (χ1) is 19.3. The van der Waals surface area contributed by atoms with E-state index in [1.54, 1.807) is 16.8 Å². The van der Waals surface area contributed by atoms with E-state index in [9.17, 15) is 14.3 Å². The molecule has 3 N–H and O–H groups in total. The highest BCUT2D eigenvalue weighted by molar-refractivity contribution is 7.80. The molecule has 5 heterocycles. The van der Waals surface area contributed by atoms with Crippen LogP contribution in [0.1, 0.15) is 21.6 Å². The predicted molar refractivity (Wildman–Crippen MR) is 153 cm³/mol. The summed E-state index contributed by atoms with van der Waals surface area (Å²) in [5.74, 6) is 0.0203. The smallest absolute Gasteiger partial charge is 0.254 e. The summed E-state index contributed by atoms with van der Waals surface area (Å²) >= 11 is 5.55. The Labute approximate surface area is 235 Å². The van der Waals surface area contributed by atoms with Crippen molar-refractivity contribution in [3.63, 3.8) is 0 Å². The Morgan fingerprint density at radius 3 is 2.95 bits per heavy atom. The number of nitrogens with zero attached hydrogens (tertiary/aromatic N) is 5. The first-order valence-corrected chi connectivity index (χ1v) is 13.3. The van der Waals surface area contributed by atoms with Gasteiger partial charge in [0.15, 0.2) is 0 Å². The van der Waals surface area contributed by atoms with E-state index in [0.29, 0.717) is 53.9 Å². The Bertz CT molecular complexity index is 1640. The number of ether oxygens (including phenoxy) is 1. The van der Waals surface area contributed by atoms with Crippen molar-refractivity contribution < 1.29 is 19.0 Å². The molecule has 0 bridgehead atoms. The monoisotopic (exact) mass is 561 g/mol. The van der Waals surface area contributed by atoms with Crippen molar-refractivity contribution in [3.05, 3.63) is 71.4 Å². The van der Waals surface area contributed by atoms with E-state index in [4.69, 9.17) is 21.9 Å². The number of aliphatic hydroxyl groups is 1. The highest BCUT2D eigenvalue weighted by Crippen LogP contribution is 2.36. The van der Waals surface area contributed by atoms with Gasteiger partial charge in [-0.05, 0) is 43.9 Å². The number of pyridine rings is 2. The van der Waals surface area contributed by atoms with Crippen molar-refractivity contribution in [1.29, 1.82) is 0 Å². The minimum atomic E-state index is -0.867. The molecule has 0 unspecified atom stereocenters. The van der Waals surface area contributed by atoms with Crippen LogP contribution < -0.4 is 15.5 Å². The lowest BCUT2D eigenvalue weighted by molar-refractivity contribution is 0.0812. The summed E-state index contributed by atoms with van der Waals surface area (Å²) < 4.78 is 21.0. The molecule has 0 spiro atoms. The summed E-state index contributed by atoms with van der Waals surface area (Å²) in [5.41, 5.74) is 5.65. The van der Waals surface area contributed by atoms with Gasteiger partial charge in [-0.1, -0.05) is 18.3 Å². The number of imidazole rings is 1. The van der Waals surface area contributed by atoms with Gasteiger partial charge in [-0.15, -0.1) is 0 Å². The maximum Gasteiger partial charge on any atom is 0.254 e. The van der Waals surface area contributed by atoms with Crippen molar-refractivity contribution in [1.82, 2.24) is 24.6 Å². The molecule has 0 saturated carbocycles. The Balaban J connectivity index is 1.37. The second-order valence-corrected chi connectivity index (χ2v) is 10.4. The molecule has 0 radical (unpaired) electrons. The maximum atomic E-state index is 13.7. The zero-order valence-corrected chi connectivity index (χ0v) is 22.8. The average molecular weight is 562 g/mol. The molecule has 1 aromatic carbocycles. The van der Waals surface area contributed by atoms with Gasteiger partial charge in [-0.25, -0.2) is 14.4 Å². The van der Waals surface area contributed by atoms with Crippen LogP contribution in [0.2, 0.25) is 0 Å². The standard InChI is InChI=1S/C28H28FN7O3S/c1-34(2)14-20-21(36-9-10-39-15-23(37)28(36)40)5-6-24(33-20)32-19-4-3-17(18-12-31-27(38)26(18)19)22-13-30-25-11-16(29)7-8-35(22)25/h3-8,11,13,23,37H,9-10,12,14-15H2,1-2H3,(H,31,38)(H,32,33)/t23-/m1/s1. The molecule has 4 aromatic rings. The third-order valence-electron chi connectivity index (χ3n) is 6.97. The van der Waals surface area contributed by atoms with Crippen molar-refractivity contribution >= 4 is 46.0 Å². The van der Waals surface area contributed by atoms with Gasteiger partial charge in [-0.3, -0.25) is 9.20 Å². The molecule has 6 rings (SSSR count). The second-order valence-electron chi connectivity index (χ2n) is 10.0. The highest BCUT2D eigenvalue weighted by Gasteiger charge is 2.28. The van der Waals surface area contributed by atoms with E-state index in [1.165, 1.54) is 12.1 Å². The first-order valence-electron chi connectivity index (χ1n) is 12.9. The van der Waals surface area contributed by atoms with Gasteiger partial charge >= 0.3 is 0 Å². The van der Waals surface area contributed by atoms with E-state index in [1.807, 2.05) is 48.2 Å². The predicted octanol–water partition coefficient (Wildman–Crippen LogP) is 3.11. The number of carbonyl (C=O) groups is 1. The van der Waals surface area contributed by atoms with E-state index in [0.717, 1.165) is 28.2 Å². The van der Waals surface area contributed by atoms with E-state index >= 15 is 0 Å². The zero-order chi connectivity index (χ0) is 28.0. The Morgan fingerprint density at radius 2 is 2.12 bits per heavy atom. The molecule has 0 aliphatic carbocycles. The number of rotatable bonds is 6. The molecule has 12 heteroatoms. The third-order valence-corrected chi connectivity index (χ3v) is 7.47. The molecule has 206 valence electrons. The number of anilines is 3. The van der Waals surface area contributed by atoms with Gasteiger partial charge in [0.2, 0.25) is 0 Å². The van der Waals surface area contributed by atoms with Crippen LogP contribution in [-0.2, 0) is 17.8 Å². The molecule has 40 heavy (non-hydrogen) atoms. The van der Waals surface area contributed by atoms with Crippen LogP contribution in [0.5, 0.6) is 0 Å². The van der Waals surface area contributed by atoms with Crippen LogP contribution in [0.25, 0.3) is 16.9 Å². The van der Waals surface area contributed by atoms with Gasteiger partial charge in [0.05, 0.1) is 47.7 Å². The number of halogens is 1. The van der Waals surface area contributed by atoms with Gasteiger partial charge in [0.1, 0.15) is 28.4 Å². The summed E-state index contributed by atoms with van der Waals surface area (Å²) in [6.45, 7) is 2.01. The SMILES string of the molecule is CN(C)Cc1nc(Nc2ccc(-c3cnc4cc(F)ccn34)c3c2C(=O)NC3)ccc1N1CCOC[C@@H](O)C1=S. The molecule has 10 nitrogen and oxygen atoms in total. The molecule has 1 atom stereocenters. The van der Waals surface area contributed by atoms with Crippen LogP contribution in [0.15, 0.2) is 48.8 Å². The number of thiocarbonyl (C=S) groups is 1. The van der Waals surface area contributed by atoms with Crippen molar-refractivity contribution in [2.75, 3.05) is 44.1 Å².